The van der Waals surface area contributed by atoms with Crippen LogP contribution in [-0.2, 0) is 4.74 Å². The van der Waals surface area contributed by atoms with Gasteiger partial charge in [0.25, 0.3) is 0 Å². The van der Waals surface area contributed by atoms with Crippen molar-refractivity contribution in [3.05, 3.63) is 28.2 Å². The lowest BCUT2D eigenvalue weighted by Crippen LogP contribution is -2.33. The van der Waals surface area contributed by atoms with Crippen LogP contribution in [0.1, 0.15) is 32.8 Å². The molecule has 0 radical (unpaired) electrons. The third-order valence-electron chi connectivity index (χ3n) is 2.46. The summed E-state index contributed by atoms with van der Waals surface area (Å²) in [4.78, 5) is 11.4. The predicted octanol–water partition coefficient (Wildman–Crippen LogP) is 4.08. The number of nitrogens with one attached hydrogen (secondary N) is 2. The maximum absolute atomic E-state index is 11.4. The molecule has 5 heteroatoms. The van der Waals surface area contributed by atoms with Gasteiger partial charge in [-0.25, -0.2) is 4.79 Å². The van der Waals surface area contributed by atoms with Crippen molar-refractivity contribution >= 4 is 27.7 Å². The van der Waals surface area contributed by atoms with Crippen molar-refractivity contribution in [2.24, 2.45) is 0 Å². The summed E-state index contributed by atoms with van der Waals surface area (Å²) in [7, 11) is 0. The monoisotopic (exact) mass is 342 g/mol. The van der Waals surface area contributed by atoms with Crippen molar-refractivity contribution < 1.29 is 9.53 Å². The van der Waals surface area contributed by atoms with Crippen LogP contribution in [-0.4, -0.2) is 24.8 Å². The number of rotatable bonds is 5. The first-order chi connectivity index (χ1) is 9.28. The predicted molar refractivity (Wildman–Crippen MR) is 86.2 cm³/mol. The number of carbonyl (C=O) groups excluding carboxylic acids is 1. The molecule has 0 unspecified atom stereocenters. The van der Waals surface area contributed by atoms with Crippen LogP contribution in [0.3, 0.4) is 0 Å². The highest BCUT2D eigenvalue weighted by molar-refractivity contribution is 9.10. The molecule has 1 amide bonds. The van der Waals surface area contributed by atoms with E-state index in [9.17, 15) is 4.79 Å². The molecule has 0 aromatic heterocycles. The molecule has 2 N–H and O–H groups in total. The van der Waals surface area contributed by atoms with Gasteiger partial charge >= 0.3 is 6.09 Å². The number of benzene rings is 1. The minimum atomic E-state index is -0.450. The van der Waals surface area contributed by atoms with E-state index < -0.39 is 5.60 Å². The first-order valence-electron chi connectivity index (χ1n) is 6.75. The number of hydrogen-bond donors (Lipinski definition) is 2. The van der Waals surface area contributed by atoms with Crippen LogP contribution >= 0.6 is 15.9 Å². The highest BCUT2D eigenvalue weighted by Gasteiger charge is 2.15. The molecule has 0 saturated heterocycles. The molecule has 1 rings (SSSR count). The molecule has 112 valence electrons. The number of anilines is 1. The van der Waals surface area contributed by atoms with Gasteiger partial charge in [-0.05, 0) is 67.7 Å². The van der Waals surface area contributed by atoms with Crippen molar-refractivity contribution in [2.75, 3.05) is 18.4 Å². The number of alkyl carbamates (subject to hydrolysis) is 1. The van der Waals surface area contributed by atoms with Gasteiger partial charge in [0.05, 0.1) is 0 Å². The number of aryl methyl sites for hydroxylation is 1. The Labute approximate surface area is 129 Å². The van der Waals surface area contributed by atoms with Crippen LogP contribution in [0.4, 0.5) is 10.5 Å². The van der Waals surface area contributed by atoms with Crippen LogP contribution in [0.25, 0.3) is 0 Å². The third kappa shape index (κ3) is 6.80. The summed E-state index contributed by atoms with van der Waals surface area (Å²) in [5.74, 6) is 0. The largest absolute Gasteiger partial charge is 0.444 e. The van der Waals surface area contributed by atoms with Crippen molar-refractivity contribution in [3.8, 4) is 0 Å². The lowest BCUT2D eigenvalue weighted by molar-refractivity contribution is 0.0528. The number of halogens is 1. The summed E-state index contributed by atoms with van der Waals surface area (Å²) in [5.41, 5.74) is 1.83. The summed E-state index contributed by atoms with van der Waals surface area (Å²) in [6.45, 7) is 8.99. The maximum Gasteiger partial charge on any atom is 0.407 e. The van der Waals surface area contributed by atoms with Gasteiger partial charge in [0.1, 0.15) is 5.60 Å². The molecule has 0 heterocycles. The van der Waals surface area contributed by atoms with Gasteiger partial charge in [-0.1, -0.05) is 6.07 Å². The van der Waals surface area contributed by atoms with E-state index in [0.717, 1.165) is 23.1 Å². The van der Waals surface area contributed by atoms with Crippen molar-refractivity contribution in [2.45, 2.75) is 39.7 Å². The Bertz CT molecular complexity index is 456. The van der Waals surface area contributed by atoms with Crippen LogP contribution in [0.5, 0.6) is 0 Å². The van der Waals surface area contributed by atoms with Crippen molar-refractivity contribution in [3.63, 3.8) is 0 Å². The molecule has 0 fully saturated rings. The van der Waals surface area contributed by atoms with Gasteiger partial charge in [0.2, 0.25) is 0 Å². The zero-order chi connectivity index (χ0) is 15.2. The maximum atomic E-state index is 11.4. The molecule has 0 bridgehead atoms. The van der Waals surface area contributed by atoms with Crippen LogP contribution in [0.15, 0.2) is 22.7 Å². The van der Waals surface area contributed by atoms with Gasteiger partial charge in [-0.15, -0.1) is 0 Å². The molecule has 0 aliphatic carbocycles. The minimum absolute atomic E-state index is 0.366. The highest BCUT2D eigenvalue weighted by atomic mass is 79.9. The first-order valence-corrected chi connectivity index (χ1v) is 7.54. The molecule has 0 aliphatic rings. The molecule has 0 atom stereocenters. The second-order valence-corrected chi connectivity index (χ2v) is 6.55. The topological polar surface area (TPSA) is 50.4 Å². The van der Waals surface area contributed by atoms with Crippen LogP contribution in [0.2, 0.25) is 0 Å². The second-order valence-electron chi connectivity index (χ2n) is 5.69. The summed E-state index contributed by atoms with van der Waals surface area (Å²) >= 11 is 3.50. The Morgan fingerprint density at radius 2 is 2.00 bits per heavy atom. The normalized spacial score (nSPS) is 11.1. The number of ether oxygens (including phenoxy) is 1. The van der Waals surface area contributed by atoms with Gasteiger partial charge < -0.3 is 15.4 Å². The summed E-state index contributed by atoms with van der Waals surface area (Å²) in [6.07, 6.45) is 0.467. The van der Waals surface area contributed by atoms with Gasteiger partial charge in [-0.3, -0.25) is 0 Å². The average molecular weight is 343 g/mol. The zero-order valence-electron chi connectivity index (χ0n) is 12.5. The molecular formula is C15H23BrN2O2. The van der Waals surface area contributed by atoms with Crippen LogP contribution < -0.4 is 10.6 Å². The van der Waals surface area contributed by atoms with Crippen LogP contribution in [0, 0.1) is 6.92 Å². The average Bonchev–Trinajstić information content (AvgIpc) is 2.30. The highest BCUT2D eigenvalue weighted by Crippen LogP contribution is 2.23. The van der Waals surface area contributed by atoms with E-state index in [0.29, 0.717) is 6.54 Å². The number of amides is 1. The van der Waals surface area contributed by atoms with E-state index in [1.807, 2.05) is 26.8 Å². The Balaban J connectivity index is 2.22. The smallest absolute Gasteiger partial charge is 0.407 e. The fraction of sp³-hybridized carbons (Fsp3) is 0.533. The summed E-state index contributed by atoms with van der Waals surface area (Å²) < 4.78 is 6.20. The van der Waals surface area contributed by atoms with Gasteiger partial charge in [0.15, 0.2) is 0 Å². The van der Waals surface area contributed by atoms with E-state index >= 15 is 0 Å². The first kappa shape index (κ1) is 16.8. The molecule has 1 aromatic rings. The molecule has 0 spiro atoms. The minimum Gasteiger partial charge on any atom is -0.444 e. The number of carbonyl (C=O) groups is 1. The van der Waals surface area contributed by atoms with Crippen molar-refractivity contribution in [1.29, 1.82) is 0 Å². The summed E-state index contributed by atoms with van der Waals surface area (Å²) in [6, 6.07) is 6.17. The molecule has 0 saturated carbocycles. The Hall–Kier alpha value is -1.23. The van der Waals surface area contributed by atoms with E-state index in [1.165, 1.54) is 5.56 Å². The fourth-order valence-corrected chi connectivity index (χ4v) is 1.98. The Morgan fingerprint density at radius 1 is 1.30 bits per heavy atom. The third-order valence-corrected chi connectivity index (χ3v) is 3.15. The lowest BCUT2D eigenvalue weighted by atomic mass is 10.2. The van der Waals surface area contributed by atoms with E-state index in [1.54, 1.807) is 0 Å². The molecule has 20 heavy (non-hydrogen) atoms. The zero-order valence-corrected chi connectivity index (χ0v) is 14.1. The van der Waals surface area contributed by atoms with E-state index in [4.69, 9.17) is 4.74 Å². The Kier molecular flexibility index (Phi) is 6.33. The molecular weight excluding hydrogens is 320 g/mol. The van der Waals surface area contributed by atoms with E-state index in [2.05, 4.69) is 45.6 Å². The molecule has 0 aliphatic heterocycles. The second kappa shape index (κ2) is 7.53. The van der Waals surface area contributed by atoms with Gasteiger partial charge in [0, 0.05) is 23.2 Å². The molecule has 1 aromatic carbocycles. The fourth-order valence-electron chi connectivity index (χ4n) is 1.59. The Morgan fingerprint density at radius 3 is 2.65 bits per heavy atom. The standard InChI is InChI=1S/C15H23BrN2O2/c1-11-6-7-12(16)13(10-11)17-8-5-9-18-14(19)20-15(2,3)4/h6-7,10,17H,5,8-9H2,1-4H3,(H,18,19). The molecule has 4 nitrogen and oxygen atoms in total. The number of hydrogen-bond acceptors (Lipinski definition) is 3. The quantitative estimate of drug-likeness (QED) is 0.792. The SMILES string of the molecule is Cc1ccc(Br)c(NCCCNC(=O)OC(C)(C)C)c1. The van der Waals surface area contributed by atoms with Crippen molar-refractivity contribution in [1.82, 2.24) is 5.32 Å². The van der Waals surface area contributed by atoms with E-state index in [-0.39, 0.29) is 6.09 Å². The van der Waals surface area contributed by atoms with Gasteiger partial charge in [-0.2, -0.15) is 0 Å². The summed E-state index contributed by atoms with van der Waals surface area (Å²) in [5, 5.41) is 6.08. The lowest BCUT2D eigenvalue weighted by Gasteiger charge is -2.19.